The highest BCUT2D eigenvalue weighted by atomic mass is 35.5. The summed E-state index contributed by atoms with van der Waals surface area (Å²) in [6, 6.07) is 4.03. The van der Waals surface area contributed by atoms with Gasteiger partial charge in [0.05, 0.1) is 33.2 Å². The second kappa shape index (κ2) is 13.2. The first kappa shape index (κ1) is 35.4. The van der Waals surface area contributed by atoms with Crippen molar-refractivity contribution in [2.24, 2.45) is 18.4 Å². The third-order valence-corrected chi connectivity index (χ3v) is 8.98. The zero-order valence-corrected chi connectivity index (χ0v) is 25.9. The Labute approximate surface area is 272 Å². The lowest BCUT2D eigenvalue weighted by Crippen LogP contribution is -2.41. The quantitative estimate of drug-likeness (QED) is 0.189. The molecular weight excluding hydrogens is 685 g/mol. The molecule has 2 aliphatic carbocycles. The molecule has 0 aliphatic heterocycles. The van der Waals surface area contributed by atoms with E-state index in [1.807, 2.05) is 0 Å². The molecule has 2 aliphatic rings. The van der Waals surface area contributed by atoms with Crippen LogP contribution in [-0.4, -0.2) is 52.8 Å². The minimum Gasteiger partial charge on any atom is -0.487 e. The number of rotatable bonds is 10. The smallest absolute Gasteiger partial charge is 0.403 e. The van der Waals surface area contributed by atoms with E-state index in [9.17, 15) is 49.1 Å². The van der Waals surface area contributed by atoms with Crippen LogP contribution >= 0.6 is 11.6 Å². The number of benzene rings is 2. The number of fused-ring (bicyclic) bond motifs is 1. The Kier molecular flexibility index (Phi) is 9.74. The SMILES string of the molecule is Cn1c(Nc2cc(CNC(=O)C3(C(F)(F)F)CC3)c(F)cc2Cl)nc2cc(C(=O)NC3CCC(C(F)(F)F)CC3)c(OCC(F)F)cc21. The number of amides is 2. The lowest BCUT2D eigenvalue weighted by atomic mass is 9.85. The van der Waals surface area contributed by atoms with Crippen LogP contribution in [0.1, 0.15) is 54.4 Å². The minimum absolute atomic E-state index is 0.0549. The fraction of sp³-hybridized carbons (Fsp3) is 0.500. The first-order valence-corrected chi connectivity index (χ1v) is 15.2. The molecule has 1 aromatic heterocycles. The van der Waals surface area contributed by atoms with E-state index < -0.39 is 66.9 Å². The molecule has 18 heteroatoms. The predicted molar refractivity (Wildman–Crippen MR) is 156 cm³/mol. The number of aromatic nitrogens is 2. The Bertz CT molecular complexity index is 1700. The predicted octanol–water partition coefficient (Wildman–Crippen LogP) is 7.56. The van der Waals surface area contributed by atoms with Gasteiger partial charge in [0.2, 0.25) is 11.9 Å². The van der Waals surface area contributed by atoms with Crippen LogP contribution in [0, 0.1) is 17.2 Å². The van der Waals surface area contributed by atoms with Crippen molar-refractivity contribution >= 4 is 46.1 Å². The third-order valence-electron chi connectivity index (χ3n) is 8.67. The number of hydrogen-bond donors (Lipinski definition) is 3. The van der Waals surface area contributed by atoms with E-state index in [1.54, 1.807) is 0 Å². The summed E-state index contributed by atoms with van der Waals surface area (Å²) in [5.41, 5.74) is -2.35. The van der Waals surface area contributed by atoms with Gasteiger partial charge in [-0.1, -0.05) is 11.6 Å². The number of carbonyl (C=O) groups excluding carboxylic acids is 2. The summed E-state index contributed by atoms with van der Waals surface area (Å²) in [5, 5.41) is 7.49. The zero-order chi connectivity index (χ0) is 35.2. The second-order valence-electron chi connectivity index (χ2n) is 11.9. The van der Waals surface area contributed by atoms with Crippen molar-refractivity contribution in [3.8, 4) is 5.75 Å². The van der Waals surface area contributed by atoms with E-state index in [4.69, 9.17) is 16.3 Å². The molecule has 2 aromatic carbocycles. The van der Waals surface area contributed by atoms with Gasteiger partial charge >= 0.3 is 12.4 Å². The third kappa shape index (κ3) is 7.39. The molecule has 2 fully saturated rings. The molecule has 3 N–H and O–H groups in total. The molecule has 0 atom stereocenters. The molecule has 262 valence electrons. The molecule has 0 spiro atoms. The number of ether oxygens (including phenoxy) is 1. The Morgan fingerprint density at radius 3 is 2.31 bits per heavy atom. The molecule has 0 unspecified atom stereocenters. The van der Waals surface area contributed by atoms with Crippen molar-refractivity contribution in [1.82, 2.24) is 20.2 Å². The van der Waals surface area contributed by atoms with E-state index in [2.05, 4.69) is 20.9 Å². The average Bonchev–Trinajstić information content (AvgIpc) is 3.77. The van der Waals surface area contributed by atoms with Gasteiger partial charge in [-0.25, -0.2) is 18.2 Å². The van der Waals surface area contributed by atoms with Crippen LogP contribution in [0.25, 0.3) is 11.0 Å². The van der Waals surface area contributed by atoms with E-state index in [-0.39, 0.29) is 83.1 Å². The fourth-order valence-electron chi connectivity index (χ4n) is 5.66. The maximum atomic E-state index is 14.7. The van der Waals surface area contributed by atoms with Gasteiger partial charge in [-0.05, 0) is 56.7 Å². The summed E-state index contributed by atoms with van der Waals surface area (Å²) in [6.07, 6.45) is -12.9. The number of aryl methyl sites for hydroxylation is 1. The molecule has 3 aromatic rings. The molecule has 0 bridgehead atoms. The molecule has 2 amide bonds. The van der Waals surface area contributed by atoms with Crippen LogP contribution in [0.5, 0.6) is 5.75 Å². The van der Waals surface area contributed by atoms with Crippen LogP contribution in [0.3, 0.4) is 0 Å². The average molecular weight is 714 g/mol. The largest absolute Gasteiger partial charge is 0.487 e. The van der Waals surface area contributed by atoms with Crippen molar-refractivity contribution < 1.29 is 53.8 Å². The normalized spacial score (nSPS) is 19.3. The number of hydrogen-bond acceptors (Lipinski definition) is 5. The number of anilines is 2. The second-order valence-corrected chi connectivity index (χ2v) is 12.3. The maximum absolute atomic E-state index is 14.7. The highest BCUT2D eigenvalue weighted by Crippen LogP contribution is 2.57. The van der Waals surface area contributed by atoms with Crippen molar-refractivity contribution in [2.45, 2.75) is 69.9 Å². The first-order valence-electron chi connectivity index (χ1n) is 14.8. The Morgan fingerprint density at radius 2 is 1.73 bits per heavy atom. The lowest BCUT2D eigenvalue weighted by Gasteiger charge is -2.30. The summed E-state index contributed by atoms with van der Waals surface area (Å²) in [7, 11) is 1.51. The molecule has 5 rings (SSSR count). The van der Waals surface area contributed by atoms with Gasteiger partial charge < -0.3 is 25.3 Å². The van der Waals surface area contributed by atoms with Crippen LogP contribution in [0.2, 0.25) is 5.02 Å². The Morgan fingerprint density at radius 1 is 1.06 bits per heavy atom. The molecule has 0 radical (unpaired) electrons. The van der Waals surface area contributed by atoms with Gasteiger partial charge in [-0.2, -0.15) is 26.3 Å². The summed E-state index contributed by atoms with van der Waals surface area (Å²) in [4.78, 5) is 29.9. The molecule has 1 heterocycles. The van der Waals surface area contributed by atoms with Crippen LogP contribution in [0.15, 0.2) is 24.3 Å². The number of halogens is 10. The summed E-state index contributed by atoms with van der Waals surface area (Å²) < 4.78 is 127. The minimum atomic E-state index is -4.75. The van der Waals surface area contributed by atoms with Gasteiger partial charge in [-0.3, -0.25) is 9.59 Å². The van der Waals surface area contributed by atoms with Crippen LogP contribution < -0.4 is 20.7 Å². The van der Waals surface area contributed by atoms with Crippen molar-refractivity contribution in [3.63, 3.8) is 0 Å². The molecule has 2 saturated carbocycles. The molecular formula is C30H29ClF9N5O3. The van der Waals surface area contributed by atoms with E-state index in [0.717, 1.165) is 6.07 Å². The van der Waals surface area contributed by atoms with E-state index >= 15 is 0 Å². The van der Waals surface area contributed by atoms with Gasteiger partial charge in [0, 0.05) is 31.3 Å². The number of carbonyl (C=O) groups is 2. The highest BCUT2D eigenvalue weighted by Gasteiger charge is 2.68. The van der Waals surface area contributed by atoms with Crippen LogP contribution in [0.4, 0.5) is 51.1 Å². The summed E-state index contributed by atoms with van der Waals surface area (Å²) in [5.74, 6) is -4.57. The first-order chi connectivity index (χ1) is 22.4. The topological polar surface area (TPSA) is 97.3 Å². The van der Waals surface area contributed by atoms with E-state index in [0.29, 0.717) is 0 Å². The molecule has 48 heavy (non-hydrogen) atoms. The van der Waals surface area contributed by atoms with Crippen molar-refractivity contribution in [3.05, 3.63) is 46.2 Å². The summed E-state index contributed by atoms with van der Waals surface area (Å²) >= 11 is 6.22. The van der Waals surface area contributed by atoms with Gasteiger partial charge in [0.15, 0.2) is 0 Å². The van der Waals surface area contributed by atoms with E-state index in [1.165, 1.54) is 29.8 Å². The van der Waals surface area contributed by atoms with Crippen LogP contribution in [-0.2, 0) is 18.4 Å². The van der Waals surface area contributed by atoms with Gasteiger partial charge in [0.1, 0.15) is 23.6 Å². The van der Waals surface area contributed by atoms with Crippen molar-refractivity contribution in [1.29, 1.82) is 0 Å². The lowest BCUT2D eigenvalue weighted by molar-refractivity contribution is -0.192. The summed E-state index contributed by atoms with van der Waals surface area (Å²) in [6.45, 7) is -1.63. The maximum Gasteiger partial charge on any atom is 0.403 e. The number of nitrogens with zero attached hydrogens (tertiary/aromatic N) is 2. The molecule has 0 saturated heterocycles. The Balaban J connectivity index is 1.37. The number of nitrogens with one attached hydrogen (secondary N) is 3. The van der Waals surface area contributed by atoms with Gasteiger partial charge in [0.25, 0.3) is 12.3 Å². The monoisotopic (exact) mass is 713 g/mol. The highest BCUT2D eigenvalue weighted by molar-refractivity contribution is 6.33. The standard InChI is InChI=1S/C30H29ClF9N5O3/c1-45-22-11-23(48-13-24(33)34)17(25(46)42-16-4-2-15(3-5-16)29(35,36)37)9-21(22)44-27(45)43-20-8-14(19(32)10-18(20)31)12-41-26(47)28(6-7-28)30(38,39)40/h8-11,15-16,24H,2-7,12-13H2,1H3,(H,41,47)(H,42,46)(H,43,44). The Hall–Kier alpha value is -3.89. The fourth-order valence-corrected chi connectivity index (χ4v) is 5.86. The zero-order valence-electron chi connectivity index (χ0n) is 25.1. The van der Waals surface area contributed by atoms with Crippen molar-refractivity contribution in [2.75, 3.05) is 11.9 Å². The number of alkyl halides is 8. The number of imidazole rings is 1. The van der Waals surface area contributed by atoms with Gasteiger partial charge in [-0.15, -0.1) is 0 Å². The molecule has 8 nitrogen and oxygen atoms in total.